The Hall–Kier alpha value is -0.450. The molecule has 1 rings (SSSR count). The van der Waals surface area contributed by atoms with Crippen molar-refractivity contribution < 1.29 is 9.53 Å². The third-order valence-electron chi connectivity index (χ3n) is 3.78. The van der Waals surface area contributed by atoms with Gasteiger partial charge in [0.2, 0.25) is 0 Å². The number of aldehydes is 1. The first-order valence-electron chi connectivity index (χ1n) is 6.96. The molecule has 0 N–H and O–H groups in total. The number of hydrogen-bond donors (Lipinski definition) is 0. The van der Waals surface area contributed by atoms with Crippen molar-refractivity contribution in [2.75, 3.05) is 46.9 Å². The summed E-state index contributed by atoms with van der Waals surface area (Å²) in [4.78, 5) is 16.0. The van der Waals surface area contributed by atoms with Gasteiger partial charge in [0, 0.05) is 25.7 Å². The molecule has 1 saturated heterocycles. The molecule has 4 nitrogen and oxygen atoms in total. The lowest BCUT2D eigenvalue weighted by Crippen LogP contribution is -2.49. The van der Waals surface area contributed by atoms with Gasteiger partial charge in [-0.2, -0.15) is 0 Å². The number of carbonyl (C=O) groups is 1. The average Bonchev–Trinajstić information content (AvgIpc) is 2.36. The highest BCUT2D eigenvalue weighted by molar-refractivity contribution is 5.60. The molecule has 4 heteroatoms. The topological polar surface area (TPSA) is 32.8 Å². The minimum Gasteiger partial charge on any atom is -0.380 e. The smallest absolute Gasteiger partial charge is 0.129 e. The van der Waals surface area contributed by atoms with E-state index < -0.39 is 0 Å². The highest BCUT2D eigenvalue weighted by Gasteiger charge is 2.35. The molecule has 0 spiro atoms. The normalized spacial score (nSPS) is 26.6. The van der Waals surface area contributed by atoms with Crippen molar-refractivity contribution in [3.05, 3.63) is 0 Å². The Morgan fingerprint density at radius 3 is 2.61 bits per heavy atom. The maximum absolute atomic E-state index is 11.5. The number of hydrogen-bond acceptors (Lipinski definition) is 4. The molecule has 0 saturated carbocycles. The van der Waals surface area contributed by atoms with Crippen molar-refractivity contribution in [1.29, 1.82) is 0 Å². The van der Waals surface area contributed by atoms with Crippen molar-refractivity contribution in [2.45, 2.75) is 32.7 Å². The lowest BCUT2D eigenvalue weighted by molar-refractivity contribution is -0.126. The second-order valence-electron chi connectivity index (χ2n) is 5.81. The van der Waals surface area contributed by atoms with Gasteiger partial charge in [0.1, 0.15) is 6.29 Å². The molecule has 0 aromatic rings. The molecule has 1 heterocycles. The average molecular weight is 256 g/mol. The number of nitrogens with zero attached hydrogens (tertiary/aromatic N) is 2. The van der Waals surface area contributed by atoms with E-state index in [0.717, 1.165) is 45.4 Å². The third-order valence-corrected chi connectivity index (χ3v) is 3.78. The standard InChI is InChI=1S/C14H28N2O2/c1-5-16(13(2)9-15(3)4)10-14(11-17)7-6-8-18-12-14/h11,13H,5-10,12H2,1-4H3. The second kappa shape index (κ2) is 7.22. The fourth-order valence-corrected chi connectivity index (χ4v) is 2.76. The van der Waals surface area contributed by atoms with Crippen molar-refractivity contribution in [2.24, 2.45) is 5.41 Å². The predicted octanol–water partition coefficient (Wildman–Crippen LogP) is 1.25. The SMILES string of the molecule is CCN(CC1(C=O)CCCOC1)C(C)CN(C)C. The van der Waals surface area contributed by atoms with Crippen LogP contribution in [0.2, 0.25) is 0 Å². The molecular weight excluding hydrogens is 228 g/mol. The summed E-state index contributed by atoms with van der Waals surface area (Å²) in [5, 5.41) is 0. The maximum atomic E-state index is 11.5. The number of ether oxygens (including phenoxy) is 1. The highest BCUT2D eigenvalue weighted by atomic mass is 16.5. The zero-order valence-electron chi connectivity index (χ0n) is 12.3. The minimum absolute atomic E-state index is 0.283. The van der Waals surface area contributed by atoms with Gasteiger partial charge < -0.3 is 14.4 Å². The highest BCUT2D eigenvalue weighted by Crippen LogP contribution is 2.28. The van der Waals surface area contributed by atoms with Gasteiger partial charge in [-0.3, -0.25) is 4.90 Å². The molecule has 1 aliphatic rings. The summed E-state index contributed by atoms with van der Waals surface area (Å²) in [5.41, 5.74) is -0.283. The number of carbonyl (C=O) groups excluding carboxylic acids is 1. The van der Waals surface area contributed by atoms with Crippen LogP contribution in [0, 0.1) is 5.41 Å². The van der Waals surface area contributed by atoms with Crippen LogP contribution in [0.1, 0.15) is 26.7 Å². The molecule has 1 fully saturated rings. The van der Waals surface area contributed by atoms with Crippen molar-refractivity contribution >= 4 is 6.29 Å². The Bertz CT molecular complexity index is 250. The van der Waals surface area contributed by atoms with E-state index in [1.54, 1.807) is 0 Å². The molecule has 0 aromatic heterocycles. The van der Waals surface area contributed by atoms with E-state index in [2.05, 4.69) is 37.7 Å². The Morgan fingerprint density at radius 2 is 2.17 bits per heavy atom. The molecule has 106 valence electrons. The molecule has 18 heavy (non-hydrogen) atoms. The summed E-state index contributed by atoms with van der Waals surface area (Å²) in [7, 11) is 4.17. The van der Waals surface area contributed by atoms with Gasteiger partial charge in [0.05, 0.1) is 12.0 Å². The van der Waals surface area contributed by atoms with Crippen LogP contribution in [-0.4, -0.2) is 69.1 Å². The van der Waals surface area contributed by atoms with Crippen LogP contribution in [0.5, 0.6) is 0 Å². The van der Waals surface area contributed by atoms with Crippen LogP contribution in [0.15, 0.2) is 0 Å². The Morgan fingerprint density at radius 1 is 1.44 bits per heavy atom. The molecule has 1 aliphatic heterocycles. The van der Waals surface area contributed by atoms with E-state index in [1.165, 1.54) is 0 Å². The van der Waals surface area contributed by atoms with Gasteiger partial charge in [-0.1, -0.05) is 6.92 Å². The first-order valence-corrected chi connectivity index (χ1v) is 6.96. The predicted molar refractivity (Wildman–Crippen MR) is 73.8 cm³/mol. The van der Waals surface area contributed by atoms with Gasteiger partial charge in [-0.05, 0) is 40.4 Å². The number of rotatable bonds is 7. The largest absolute Gasteiger partial charge is 0.380 e. The van der Waals surface area contributed by atoms with Crippen LogP contribution in [-0.2, 0) is 9.53 Å². The van der Waals surface area contributed by atoms with Crippen LogP contribution in [0.25, 0.3) is 0 Å². The van der Waals surface area contributed by atoms with Crippen molar-refractivity contribution in [3.63, 3.8) is 0 Å². The zero-order chi connectivity index (χ0) is 13.6. The summed E-state index contributed by atoms with van der Waals surface area (Å²) in [6.07, 6.45) is 3.08. The Balaban J connectivity index is 2.61. The van der Waals surface area contributed by atoms with E-state index in [1.807, 2.05) is 0 Å². The lowest BCUT2D eigenvalue weighted by Gasteiger charge is -2.39. The van der Waals surface area contributed by atoms with Crippen molar-refractivity contribution in [3.8, 4) is 0 Å². The van der Waals surface area contributed by atoms with Crippen LogP contribution >= 0.6 is 0 Å². The zero-order valence-corrected chi connectivity index (χ0v) is 12.3. The Labute approximate surface area is 111 Å². The molecule has 2 atom stereocenters. The maximum Gasteiger partial charge on any atom is 0.129 e. The fourth-order valence-electron chi connectivity index (χ4n) is 2.76. The first-order chi connectivity index (χ1) is 8.53. The van der Waals surface area contributed by atoms with Crippen LogP contribution in [0.4, 0.5) is 0 Å². The Kier molecular flexibility index (Phi) is 6.26. The summed E-state index contributed by atoms with van der Waals surface area (Å²) < 4.78 is 5.51. The van der Waals surface area contributed by atoms with E-state index in [9.17, 15) is 4.79 Å². The van der Waals surface area contributed by atoms with Gasteiger partial charge in [0.25, 0.3) is 0 Å². The van der Waals surface area contributed by atoms with Crippen LogP contribution < -0.4 is 0 Å². The van der Waals surface area contributed by atoms with E-state index in [-0.39, 0.29) is 5.41 Å². The number of likely N-dealkylation sites (N-methyl/N-ethyl adjacent to an activating group) is 2. The van der Waals surface area contributed by atoms with E-state index in [4.69, 9.17) is 4.74 Å². The van der Waals surface area contributed by atoms with E-state index in [0.29, 0.717) is 12.6 Å². The molecular formula is C14H28N2O2. The molecule has 0 aliphatic carbocycles. The molecule has 0 aromatic carbocycles. The quantitative estimate of drug-likeness (QED) is 0.642. The van der Waals surface area contributed by atoms with Gasteiger partial charge in [0.15, 0.2) is 0 Å². The van der Waals surface area contributed by atoms with E-state index >= 15 is 0 Å². The van der Waals surface area contributed by atoms with Crippen LogP contribution in [0.3, 0.4) is 0 Å². The lowest BCUT2D eigenvalue weighted by atomic mass is 9.83. The van der Waals surface area contributed by atoms with Crippen molar-refractivity contribution in [1.82, 2.24) is 9.80 Å². The molecule has 0 bridgehead atoms. The second-order valence-corrected chi connectivity index (χ2v) is 5.81. The van der Waals surface area contributed by atoms with Gasteiger partial charge in [-0.25, -0.2) is 0 Å². The van der Waals surface area contributed by atoms with Gasteiger partial charge >= 0.3 is 0 Å². The summed E-state index contributed by atoms with van der Waals surface area (Å²) >= 11 is 0. The van der Waals surface area contributed by atoms with Gasteiger partial charge in [-0.15, -0.1) is 0 Å². The summed E-state index contributed by atoms with van der Waals surface area (Å²) in [6, 6.07) is 0.462. The third kappa shape index (κ3) is 4.34. The first kappa shape index (κ1) is 15.6. The minimum atomic E-state index is -0.283. The molecule has 2 unspecified atom stereocenters. The monoisotopic (exact) mass is 256 g/mol. The fraction of sp³-hybridized carbons (Fsp3) is 0.929. The molecule has 0 amide bonds. The summed E-state index contributed by atoms with van der Waals surface area (Å²) in [5.74, 6) is 0. The molecule has 0 radical (unpaired) electrons. The summed E-state index contributed by atoms with van der Waals surface area (Å²) in [6.45, 7) is 8.59.